The second-order valence-corrected chi connectivity index (χ2v) is 8.81. The van der Waals surface area contributed by atoms with Gasteiger partial charge in [-0.05, 0) is 86.3 Å². The molecule has 7 heteroatoms. The molecule has 1 aliphatic carbocycles. The Kier molecular flexibility index (Phi) is 7.60. The normalized spacial score (nSPS) is 13.7. The highest BCUT2D eigenvalue weighted by Crippen LogP contribution is 2.32. The van der Waals surface area contributed by atoms with E-state index >= 15 is 0 Å². The van der Waals surface area contributed by atoms with Gasteiger partial charge in [0.05, 0.1) is 11.4 Å². The number of nitrogens with one attached hydrogen (secondary N) is 3. The van der Waals surface area contributed by atoms with Crippen LogP contribution in [0.15, 0.2) is 71.7 Å². The lowest BCUT2D eigenvalue weighted by Crippen LogP contribution is -2.24. The summed E-state index contributed by atoms with van der Waals surface area (Å²) in [6.45, 7) is 3.65. The summed E-state index contributed by atoms with van der Waals surface area (Å²) in [5.41, 5.74) is 4.09. The summed E-state index contributed by atoms with van der Waals surface area (Å²) in [5.74, 6) is -0.0143. The molecule has 0 aromatic heterocycles. The molecule has 0 radical (unpaired) electrons. The fraction of sp³-hybridized carbons (Fsp3) is 0.222. The van der Waals surface area contributed by atoms with Crippen molar-refractivity contribution in [1.82, 2.24) is 0 Å². The smallest absolute Gasteiger partial charge is 0.255 e. The number of carbonyl (C=O) groups excluding carboxylic acids is 2. The first-order valence-electron chi connectivity index (χ1n) is 11.4. The van der Waals surface area contributed by atoms with Crippen LogP contribution in [0, 0.1) is 5.92 Å². The number of amides is 2. The molecule has 174 valence electrons. The van der Waals surface area contributed by atoms with Crippen molar-refractivity contribution in [3.05, 3.63) is 77.3 Å². The third kappa shape index (κ3) is 6.02. The number of aliphatic imine (C=N–C) groups is 1. The maximum atomic E-state index is 12.5. The lowest BCUT2D eigenvalue weighted by Gasteiger charge is -2.20. The van der Waals surface area contributed by atoms with Crippen LogP contribution in [0.3, 0.4) is 0 Å². The molecule has 0 atom stereocenters. The van der Waals surface area contributed by atoms with E-state index in [9.17, 15) is 9.59 Å². The van der Waals surface area contributed by atoms with Crippen molar-refractivity contribution in [2.75, 3.05) is 16.0 Å². The number of halogens is 1. The fourth-order valence-corrected chi connectivity index (χ4v) is 4.18. The average Bonchev–Trinajstić information content (AvgIpc) is 2.87. The molecule has 0 spiro atoms. The zero-order chi connectivity index (χ0) is 23.9. The van der Waals surface area contributed by atoms with E-state index in [4.69, 9.17) is 11.6 Å². The SMILES string of the molecule is C=Nc1cc(NC(=O)c2ccc(Cl)cc2)ccc1Nc1ccc(NC(=O)C2CCCCC2)cc1. The zero-order valence-corrected chi connectivity index (χ0v) is 19.6. The van der Waals surface area contributed by atoms with Gasteiger partial charge < -0.3 is 16.0 Å². The van der Waals surface area contributed by atoms with Crippen LogP contribution in [-0.2, 0) is 4.79 Å². The highest BCUT2D eigenvalue weighted by Gasteiger charge is 2.21. The first kappa shape index (κ1) is 23.5. The second kappa shape index (κ2) is 11.0. The molecule has 0 aliphatic heterocycles. The molecular weight excluding hydrogens is 448 g/mol. The number of carbonyl (C=O) groups is 2. The number of hydrogen-bond acceptors (Lipinski definition) is 4. The molecule has 6 nitrogen and oxygen atoms in total. The quantitative estimate of drug-likeness (QED) is 0.317. The van der Waals surface area contributed by atoms with Gasteiger partial charge in [-0.15, -0.1) is 0 Å². The van der Waals surface area contributed by atoms with Crippen LogP contribution in [0.2, 0.25) is 5.02 Å². The number of anilines is 4. The van der Waals surface area contributed by atoms with Crippen molar-refractivity contribution in [3.8, 4) is 0 Å². The minimum atomic E-state index is -0.238. The Morgan fingerprint density at radius 1 is 0.824 bits per heavy atom. The summed E-state index contributed by atoms with van der Waals surface area (Å²) >= 11 is 5.89. The van der Waals surface area contributed by atoms with E-state index in [0.717, 1.165) is 42.7 Å². The Hall–Kier alpha value is -3.64. The van der Waals surface area contributed by atoms with Crippen molar-refractivity contribution < 1.29 is 9.59 Å². The molecule has 3 N–H and O–H groups in total. The van der Waals surface area contributed by atoms with Gasteiger partial charge in [0.25, 0.3) is 5.91 Å². The number of rotatable bonds is 7. The average molecular weight is 475 g/mol. The van der Waals surface area contributed by atoms with Crippen LogP contribution in [-0.4, -0.2) is 18.5 Å². The van der Waals surface area contributed by atoms with Crippen LogP contribution >= 0.6 is 11.6 Å². The largest absolute Gasteiger partial charge is 0.354 e. The van der Waals surface area contributed by atoms with Crippen molar-refractivity contribution in [3.63, 3.8) is 0 Å². The van der Waals surface area contributed by atoms with Gasteiger partial charge in [0.1, 0.15) is 0 Å². The maximum absolute atomic E-state index is 12.5. The second-order valence-electron chi connectivity index (χ2n) is 8.38. The minimum absolute atomic E-state index is 0.106. The summed E-state index contributed by atoms with van der Waals surface area (Å²) in [7, 11) is 0. The van der Waals surface area contributed by atoms with Crippen LogP contribution in [0.1, 0.15) is 42.5 Å². The van der Waals surface area contributed by atoms with Crippen LogP contribution in [0.5, 0.6) is 0 Å². The van der Waals surface area contributed by atoms with E-state index in [1.165, 1.54) is 6.42 Å². The molecule has 0 unspecified atom stereocenters. The van der Waals surface area contributed by atoms with Crippen LogP contribution in [0.25, 0.3) is 0 Å². The minimum Gasteiger partial charge on any atom is -0.354 e. The van der Waals surface area contributed by atoms with E-state index in [0.29, 0.717) is 22.0 Å². The Labute approximate surface area is 204 Å². The van der Waals surface area contributed by atoms with Gasteiger partial charge in [0, 0.05) is 33.6 Å². The Bertz CT molecular complexity index is 1170. The van der Waals surface area contributed by atoms with Gasteiger partial charge >= 0.3 is 0 Å². The van der Waals surface area contributed by atoms with Gasteiger partial charge in [-0.2, -0.15) is 0 Å². The van der Waals surface area contributed by atoms with Crippen molar-refractivity contribution in [2.24, 2.45) is 10.9 Å². The third-order valence-electron chi connectivity index (χ3n) is 5.94. The molecule has 0 saturated heterocycles. The molecule has 1 fully saturated rings. The molecule has 4 rings (SSSR count). The van der Waals surface area contributed by atoms with Crippen LogP contribution < -0.4 is 16.0 Å². The summed E-state index contributed by atoms with van der Waals surface area (Å²) in [6.07, 6.45) is 5.42. The molecule has 0 heterocycles. The van der Waals surface area contributed by atoms with Crippen molar-refractivity contribution in [2.45, 2.75) is 32.1 Å². The molecule has 2 amide bonds. The predicted molar refractivity (Wildman–Crippen MR) is 140 cm³/mol. The van der Waals surface area contributed by atoms with E-state index in [1.807, 2.05) is 30.3 Å². The van der Waals surface area contributed by atoms with E-state index in [1.54, 1.807) is 36.4 Å². The summed E-state index contributed by atoms with van der Waals surface area (Å²) < 4.78 is 0. The standard InChI is InChI=1S/C27H27ClN4O2/c1-29-25-17-23(32-27(34)19-7-9-20(28)10-8-19)15-16-24(25)30-21-11-13-22(14-12-21)31-26(33)18-5-3-2-4-6-18/h7-18,30H,1-6H2,(H,31,33)(H,32,34). The zero-order valence-electron chi connectivity index (χ0n) is 18.8. The number of hydrogen-bond donors (Lipinski definition) is 3. The molecular formula is C27H27ClN4O2. The van der Waals surface area contributed by atoms with E-state index < -0.39 is 0 Å². The Balaban J connectivity index is 1.39. The van der Waals surface area contributed by atoms with Gasteiger partial charge in [0.2, 0.25) is 5.91 Å². The van der Waals surface area contributed by atoms with Crippen molar-refractivity contribution in [1.29, 1.82) is 0 Å². The molecule has 1 aliphatic rings. The third-order valence-corrected chi connectivity index (χ3v) is 6.19. The molecule has 0 bridgehead atoms. The summed E-state index contributed by atoms with van der Waals surface area (Å²) in [6, 6.07) is 19.6. The monoisotopic (exact) mass is 474 g/mol. The van der Waals surface area contributed by atoms with Crippen molar-refractivity contribution >= 4 is 58.6 Å². The first-order chi connectivity index (χ1) is 16.5. The van der Waals surface area contributed by atoms with Gasteiger partial charge in [-0.3, -0.25) is 14.6 Å². The molecule has 34 heavy (non-hydrogen) atoms. The molecule has 3 aromatic carbocycles. The lowest BCUT2D eigenvalue weighted by molar-refractivity contribution is -0.120. The number of nitrogens with zero attached hydrogens (tertiary/aromatic N) is 1. The topological polar surface area (TPSA) is 82.6 Å². The van der Waals surface area contributed by atoms with Gasteiger partial charge in [-0.1, -0.05) is 30.9 Å². The Morgan fingerprint density at radius 3 is 2.15 bits per heavy atom. The molecule has 1 saturated carbocycles. The summed E-state index contributed by atoms with van der Waals surface area (Å²) in [5, 5.41) is 9.77. The van der Waals surface area contributed by atoms with Gasteiger partial charge in [0.15, 0.2) is 0 Å². The summed E-state index contributed by atoms with van der Waals surface area (Å²) in [4.78, 5) is 29.0. The Morgan fingerprint density at radius 2 is 1.47 bits per heavy atom. The predicted octanol–water partition coefficient (Wildman–Crippen LogP) is 7.19. The lowest BCUT2D eigenvalue weighted by atomic mass is 9.88. The highest BCUT2D eigenvalue weighted by molar-refractivity contribution is 6.30. The molecule has 3 aromatic rings. The first-order valence-corrected chi connectivity index (χ1v) is 11.8. The van der Waals surface area contributed by atoms with E-state index in [2.05, 4.69) is 27.7 Å². The highest BCUT2D eigenvalue weighted by atomic mass is 35.5. The van der Waals surface area contributed by atoms with Crippen LogP contribution in [0.4, 0.5) is 28.4 Å². The van der Waals surface area contributed by atoms with Gasteiger partial charge in [-0.25, -0.2) is 0 Å². The maximum Gasteiger partial charge on any atom is 0.255 e. The van der Waals surface area contributed by atoms with E-state index in [-0.39, 0.29) is 17.7 Å². The number of benzene rings is 3. The fourth-order valence-electron chi connectivity index (χ4n) is 4.05.